The topological polar surface area (TPSA) is 17.1 Å². The Balaban J connectivity index is 1.92. The van der Waals surface area contributed by atoms with Crippen molar-refractivity contribution in [3.05, 3.63) is 132 Å². The number of rotatable bonds is 5. The standard InChI is InChI=1S/C26H20OP/c27-25(24-19-11-10-18-23(24)20-12-4-1-5-13-20)26(28,21-14-6-2-7-15-21)22-16-8-3-9-17-22/h1-19,28H. The molecule has 4 rings (SSSR count). The summed E-state index contributed by atoms with van der Waals surface area (Å²) < 4.78 is 0. The average molecular weight is 379 g/mol. The van der Waals surface area contributed by atoms with Crippen molar-refractivity contribution >= 4 is 15.0 Å². The summed E-state index contributed by atoms with van der Waals surface area (Å²) in [5.41, 5.74) is 4.47. The summed E-state index contributed by atoms with van der Waals surface area (Å²) in [4.78, 5) is 14.0. The molecule has 1 nitrogen and oxygen atoms in total. The lowest BCUT2D eigenvalue weighted by Gasteiger charge is -2.29. The minimum absolute atomic E-state index is 0.0148. The molecule has 0 bridgehead atoms. The highest BCUT2D eigenvalue weighted by molar-refractivity contribution is 7.21. The van der Waals surface area contributed by atoms with Gasteiger partial charge in [-0.15, -0.1) is 0 Å². The molecule has 0 heterocycles. The average Bonchev–Trinajstić information content (AvgIpc) is 2.80. The van der Waals surface area contributed by atoms with E-state index < -0.39 is 5.16 Å². The number of carbonyl (C=O) groups is 1. The summed E-state index contributed by atoms with van der Waals surface area (Å²) in [6.07, 6.45) is 0. The zero-order chi connectivity index (χ0) is 19.4. The summed E-state index contributed by atoms with van der Waals surface area (Å²) in [6.45, 7) is 0. The Labute approximate surface area is 168 Å². The van der Waals surface area contributed by atoms with Gasteiger partial charge in [0, 0.05) is 5.56 Å². The van der Waals surface area contributed by atoms with Gasteiger partial charge in [0.25, 0.3) is 0 Å². The van der Waals surface area contributed by atoms with Gasteiger partial charge in [0.2, 0.25) is 0 Å². The molecule has 0 aliphatic rings. The van der Waals surface area contributed by atoms with Crippen LogP contribution in [0.2, 0.25) is 0 Å². The van der Waals surface area contributed by atoms with Gasteiger partial charge < -0.3 is 0 Å². The predicted octanol–water partition coefficient (Wildman–Crippen LogP) is 6.62. The van der Waals surface area contributed by atoms with E-state index in [9.17, 15) is 4.79 Å². The molecule has 1 radical (unpaired) electrons. The van der Waals surface area contributed by atoms with Crippen LogP contribution >= 0.6 is 9.24 Å². The zero-order valence-electron chi connectivity index (χ0n) is 15.4. The highest BCUT2D eigenvalue weighted by Gasteiger charge is 2.39. The summed E-state index contributed by atoms with van der Waals surface area (Å²) in [5, 5.41) is -0.965. The molecule has 4 aromatic rings. The SMILES string of the molecule is O=C(c1ccccc1-c1ccccc1)C([PH])(c1ccccc1)c1ccccc1. The number of ketones is 1. The van der Waals surface area contributed by atoms with Crippen molar-refractivity contribution in [3.8, 4) is 11.1 Å². The van der Waals surface area contributed by atoms with Gasteiger partial charge >= 0.3 is 0 Å². The summed E-state index contributed by atoms with van der Waals surface area (Å²) in [7, 11) is 3.93. The van der Waals surface area contributed by atoms with Gasteiger partial charge in [-0.05, 0) is 22.3 Å². The van der Waals surface area contributed by atoms with Crippen LogP contribution in [0.4, 0.5) is 0 Å². The molecule has 135 valence electrons. The van der Waals surface area contributed by atoms with E-state index in [2.05, 4.69) is 9.24 Å². The lowest BCUT2D eigenvalue weighted by atomic mass is 9.81. The van der Waals surface area contributed by atoms with Crippen molar-refractivity contribution in [2.45, 2.75) is 5.16 Å². The van der Waals surface area contributed by atoms with Crippen LogP contribution in [0.3, 0.4) is 0 Å². The largest absolute Gasteiger partial charge is 0.292 e. The van der Waals surface area contributed by atoms with E-state index in [0.29, 0.717) is 5.56 Å². The first-order valence-corrected chi connectivity index (χ1v) is 9.76. The van der Waals surface area contributed by atoms with E-state index in [1.54, 1.807) is 0 Å². The maximum Gasteiger partial charge on any atom is 0.182 e. The highest BCUT2D eigenvalue weighted by atomic mass is 31.0. The van der Waals surface area contributed by atoms with Crippen molar-refractivity contribution in [2.24, 2.45) is 0 Å². The molecule has 0 atom stereocenters. The second-order valence-corrected chi connectivity index (χ2v) is 7.47. The summed E-state index contributed by atoms with van der Waals surface area (Å²) >= 11 is 0. The summed E-state index contributed by atoms with van der Waals surface area (Å²) in [6, 6.07) is 37.6. The van der Waals surface area contributed by atoms with E-state index in [1.165, 1.54) is 0 Å². The number of hydrogen-bond donors (Lipinski definition) is 0. The number of carbonyl (C=O) groups excluding carboxylic acids is 1. The first-order chi connectivity index (χ1) is 13.7. The molecule has 0 amide bonds. The van der Waals surface area contributed by atoms with Crippen LogP contribution in [0.15, 0.2) is 115 Å². The van der Waals surface area contributed by atoms with E-state index >= 15 is 0 Å². The van der Waals surface area contributed by atoms with Crippen LogP contribution < -0.4 is 0 Å². The molecule has 0 saturated heterocycles. The van der Waals surface area contributed by atoms with Crippen LogP contribution in [0.25, 0.3) is 11.1 Å². The maximum atomic E-state index is 14.0. The molecule has 0 saturated carbocycles. The van der Waals surface area contributed by atoms with Crippen molar-refractivity contribution < 1.29 is 4.79 Å². The fourth-order valence-corrected chi connectivity index (χ4v) is 4.03. The van der Waals surface area contributed by atoms with E-state index in [-0.39, 0.29) is 5.78 Å². The minimum Gasteiger partial charge on any atom is -0.292 e. The molecular formula is C26H20OP. The Morgan fingerprint density at radius 1 is 0.571 bits per heavy atom. The molecule has 0 aliphatic heterocycles. The predicted molar refractivity (Wildman–Crippen MR) is 118 cm³/mol. The van der Waals surface area contributed by atoms with Crippen molar-refractivity contribution in [2.75, 3.05) is 0 Å². The second-order valence-electron chi connectivity index (χ2n) is 6.72. The molecule has 0 aliphatic carbocycles. The van der Waals surface area contributed by atoms with Gasteiger partial charge in [-0.1, -0.05) is 125 Å². The fourth-order valence-electron chi connectivity index (χ4n) is 3.56. The fraction of sp³-hybridized carbons (Fsp3) is 0.0385. The molecule has 0 N–H and O–H groups in total. The molecule has 0 unspecified atom stereocenters. The van der Waals surface area contributed by atoms with E-state index in [0.717, 1.165) is 22.3 Å². The Kier molecular flexibility index (Phi) is 5.19. The van der Waals surface area contributed by atoms with Gasteiger partial charge in [-0.25, -0.2) is 0 Å². The van der Waals surface area contributed by atoms with E-state index in [4.69, 9.17) is 0 Å². The zero-order valence-corrected chi connectivity index (χ0v) is 16.4. The van der Waals surface area contributed by atoms with Crippen molar-refractivity contribution in [1.29, 1.82) is 0 Å². The minimum atomic E-state index is -0.965. The van der Waals surface area contributed by atoms with E-state index in [1.807, 2.05) is 115 Å². The lowest BCUT2D eigenvalue weighted by Crippen LogP contribution is -2.31. The van der Waals surface area contributed by atoms with Gasteiger partial charge in [0.05, 0.1) is 0 Å². The normalized spacial score (nSPS) is 11.2. The number of hydrogen-bond acceptors (Lipinski definition) is 1. The lowest BCUT2D eigenvalue weighted by molar-refractivity contribution is 0.0959. The van der Waals surface area contributed by atoms with Gasteiger partial charge in [0.15, 0.2) is 5.78 Å². The maximum absolute atomic E-state index is 14.0. The Bertz CT molecular complexity index is 1030. The molecule has 2 heteroatoms. The second kappa shape index (κ2) is 7.92. The molecule has 4 aromatic carbocycles. The molecular weight excluding hydrogens is 359 g/mol. The molecule has 0 aromatic heterocycles. The Hall–Kier alpha value is -3.02. The van der Waals surface area contributed by atoms with Gasteiger partial charge in [-0.3, -0.25) is 4.79 Å². The van der Waals surface area contributed by atoms with Gasteiger partial charge in [0.1, 0.15) is 5.16 Å². The van der Waals surface area contributed by atoms with Crippen LogP contribution in [-0.4, -0.2) is 5.78 Å². The quantitative estimate of drug-likeness (QED) is 0.281. The van der Waals surface area contributed by atoms with Crippen molar-refractivity contribution in [3.63, 3.8) is 0 Å². The number of benzene rings is 4. The third kappa shape index (κ3) is 3.30. The van der Waals surface area contributed by atoms with Crippen LogP contribution in [0, 0.1) is 0 Å². The van der Waals surface area contributed by atoms with Crippen LogP contribution in [-0.2, 0) is 5.16 Å². The Morgan fingerprint density at radius 3 is 1.54 bits per heavy atom. The van der Waals surface area contributed by atoms with Crippen molar-refractivity contribution in [1.82, 2.24) is 0 Å². The monoisotopic (exact) mass is 379 g/mol. The smallest absolute Gasteiger partial charge is 0.182 e. The van der Waals surface area contributed by atoms with Gasteiger partial charge in [-0.2, -0.15) is 0 Å². The third-order valence-electron chi connectivity index (χ3n) is 5.01. The third-order valence-corrected chi connectivity index (χ3v) is 5.82. The van der Waals surface area contributed by atoms with Crippen LogP contribution in [0.1, 0.15) is 21.5 Å². The molecule has 0 fully saturated rings. The first kappa shape index (κ1) is 18.3. The molecule has 0 spiro atoms. The summed E-state index contributed by atoms with van der Waals surface area (Å²) in [5.74, 6) is 0.0148. The number of Topliss-reactive ketones (excluding diaryl/α,β-unsaturated/α-hetero) is 1. The first-order valence-electron chi connectivity index (χ1n) is 9.26. The molecule has 28 heavy (non-hydrogen) atoms. The highest BCUT2D eigenvalue weighted by Crippen LogP contribution is 2.43. The van der Waals surface area contributed by atoms with Crippen LogP contribution in [0.5, 0.6) is 0 Å². The Morgan fingerprint density at radius 2 is 1.00 bits per heavy atom.